The highest BCUT2D eigenvalue weighted by Crippen LogP contribution is 2.37. The lowest BCUT2D eigenvalue weighted by atomic mass is 10.0. The van der Waals surface area contributed by atoms with E-state index in [0.717, 1.165) is 32.9 Å². The number of halogens is 1. The van der Waals surface area contributed by atoms with Crippen molar-refractivity contribution < 1.29 is 14.2 Å². The number of benzene rings is 2. The normalized spacial score (nSPS) is 11.9. The van der Waals surface area contributed by atoms with Gasteiger partial charge in [-0.3, -0.25) is 9.97 Å². The molecule has 0 saturated carbocycles. The summed E-state index contributed by atoms with van der Waals surface area (Å²) in [5.41, 5.74) is 15.9. The summed E-state index contributed by atoms with van der Waals surface area (Å²) in [6.07, 6.45) is 5.09. The lowest BCUT2D eigenvalue weighted by Crippen LogP contribution is -2.39. The molecule has 3 heterocycles. The second kappa shape index (κ2) is 11.2. The molecular weight excluding hydrogens is 516 g/mol. The van der Waals surface area contributed by atoms with E-state index in [1.54, 1.807) is 32.8 Å². The fourth-order valence-corrected chi connectivity index (χ4v) is 4.66. The van der Waals surface area contributed by atoms with Gasteiger partial charge < -0.3 is 30.6 Å². The molecule has 9 nitrogen and oxygen atoms in total. The molecule has 0 fully saturated rings. The quantitative estimate of drug-likeness (QED) is 0.248. The zero-order valence-electron chi connectivity index (χ0n) is 21.9. The molecule has 2 aromatic carbocycles. The van der Waals surface area contributed by atoms with Crippen LogP contribution in [0.2, 0.25) is 5.02 Å². The number of nitrogens with two attached hydrogens (primary N) is 2. The molecule has 1 atom stereocenters. The number of nitrogen functional groups attached to an aromatic ring is 1. The van der Waals surface area contributed by atoms with Crippen LogP contribution in [-0.4, -0.2) is 55.4 Å². The first-order valence-electron chi connectivity index (χ1n) is 12.3. The molecule has 0 saturated heterocycles. The number of methoxy groups -OCH3 is 2. The third-order valence-electron chi connectivity index (χ3n) is 6.44. The number of likely N-dealkylation sites (N-methyl/N-ethyl adjacent to an activating group) is 1. The van der Waals surface area contributed by atoms with Crippen LogP contribution in [0.5, 0.6) is 17.2 Å². The van der Waals surface area contributed by atoms with Gasteiger partial charge in [-0.2, -0.15) is 0 Å². The average molecular weight is 545 g/mol. The van der Waals surface area contributed by atoms with Crippen molar-refractivity contribution in [3.05, 3.63) is 72.1 Å². The molecule has 0 spiro atoms. The number of fused-ring (bicyclic) bond motifs is 3. The number of aromatic nitrogens is 3. The van der Waals surface area contributed by atoms with Crippen molar-refractivity contribution in [2.45, 2.75) is 6.04 Å². The van der Waals surface area contributed by atoms with Crippen LogP contribution in [0, 0.1) is 0 Å². The van der Waals surface area contributed by atoms with Crippen molar-refractivity contribution in [2.75, 3.05) is 45.1 Å². The molecule has 5 rings (SSSR count). The fourth-order valence-electron chi connectivity index (χ4n) is 4.47. The van der Waals surface area contributed by atoms with Crippen LogP contribution in [0.15, 0.2) is 67.1 Å². The maximum absolute atomic E-state index is 6.36. The van der Waals surface area contributed by atoms with E-state index < -0.39 is 0 Å². The smallest absolute Gasteiger partial charge is 0.162 e. The van der Waals surface area contributed by atoms with Gasteiger partial charge in [0.1, 0.15) is 18.2 Å². The van der Waals surface area contributed by atoms with Gasteiger partial charge in [-0.1, -0.05) is 17.7 Å². The molecule has 4 N–H and O–H groups in total. The maximum atomic E-state index is 6.36. The lowest BCUT2D eigenvalue weighted by Gasteiger charge is -2.23. The van der Waals surface area contributed by atoms with Crippen molar-refractivity contribution in [1.82, 2.24) is 15.0 Å². The van der Waals surface area contributed by atoms with Crippen molar-refractivity contribution in [3.8, 4) is 28.5 Å². The Labute approximate surface area is 231 Å². The second-order valence-corrected chi connectivity index (χ2v) is 9.61. The summed E-state index contributed by atoms with van der Waals surface area (Å²) >= 11 is 6.11. The fraction of sp³-hybridized carbons (Fsp3) is 0.207. The monoisotopic (exact) mass is 544 g/mol. The number of nitrogens with zero attached hydrogens (tertiary/aromatic N) is 4. The minimum absolute atomic E-state index is 0.238. The van der Waals surface area contributed by atoms with Gasteiger partial charge in [0.25, 0.3) is 0 Å². The Morgan fingerprint density at radius 3 is 2.51 bits per heavy atom. The largest absolute Gasteiger partial charge is 0.493 e. The summed E-state index contributed by atoms with van der Waals surface area (Å²) in [6.45, 7) is 0.896. The van der Waals surface area contributed by atoms with E-state index in [1.807, 2.05) is 60.5 Å². The van der Waals surface area contributed by atoms with E-state index in [4.69, 9.17) is 37.3 Å². The van der Waals surface area contributed by atoms with Gasteiger partial charge in [0, 0.05) is 59.1 Å². The van der Waals surface area contributed by atoms with E-state index in [2.05, 4.69) is 15.0 Å². The Morgan fingerprint density at radius 1 is 0.949 bits per heavy atom. The predicted molar refractivity (Wildman–Crippen MR) is 156 cm³/mol. The minimum atomic E-state index is -0.238. The van der Waals surface area contributed by atoms with E-state index >= 15 is 0 Å². The molecule has 200 valence electrons. The van der Waals surface area contributed by atoms with Gasteiger partial charge >= 0.3 is 0 Å². The van der Waals surface area contributed by atoms with Gasteiger partial charge in [-0.25, -0.2) is 4.98 Å². The number of hydrogen-bond acceptors (Lipinski definition) is 9. The van der Waals surface area contributed by atoms with Crippen LogP contribution >= 0.6 is 11.6 Å². The second-order valence-electron chi connectivity index (χ2n) is 9.18. The van der Waals surface area contributed by atoms with E-state index in [0.29, 0.717) is 46.9 Å². The third kappa shape index (κ3) is 5.59. The number of pyridine rings is 3. The minimum Gasteiger partial charge on any atom is -0.493 e. The van der Waals surface area contributed by atoms with Crippen LogP contribution in [0.3, 0.4) is 0 Å². The molecule has 5 aromatic rings. The number of rotatable bonds is 9. The van der Waals surface area contributed by atoms with Crippen LogP contribution in [0.4, 0.5) is 11.5 Å². The van der Waals surface area contributed by atoms with Gasteiger partial charge in [0.2, 0.25) is 0 Å². The first-order valence-corrected chi connectivity index (χ1v) is 12.7. The Bertz CT molecular complexity index is 1650. The summed E-state index contributed by atoms with van der Waals surface area (Å²) < 4.78 is 16.9. The molecule has 0 aliphatic carbocycles. The zero-order chi connectivity index (χ0) is 27.5. The van der Waals surface area contributed by atoms with Crippen molar-refractivity contribution in [1.29, 1.82) is 0 Å². The lowest BCUT2D eigenvalue weighted by molar-refractivity contribution is 0.289. The Balaban J connectivity index is 1.39. The highest BCUT2D eigenvalue weighted by molar-refractivity contribution is 6.30. The van der Waals surface area contributed by atoms with Crippen LogP contribution in [0.25, 0.3) is 32.9 Å². The van der Waals surface area contributed by atoms with Crippen molar-refractivity contribution in [3.63, 3.8) is 0 Å². The standard InChI is InChI=1S/C29H29ClN6O3/c1-36(20-6-4-5-18(30)8-20)15-19(31)16-39-21-7-17(12-33-13-21)25-9-22-23-10-27(37-2)28(38-3)11-26(23)34-14-24(22)29(32)35-25/h4-14,19H,15-16,31H2,1-3H3,(H2,32,35)/t19-/m0/s1. The molecule has 0 aliphatic heterocycles. The number of ether oxygens (including phenoxy) is 3. The average Bonchev–Trinajstić information content (AvgIpc) is 2.95. The first-order chi connectivity index (χ1) is 18.9. The van der Waals surface area contributed by atoms with Gasteiger partial charge in [-0.05, 0) is 41.8 Å². The topological polar surface area (TPSA) is 122 Å². The zero-order valence-corrected chi connectivity index (χ0v) is 22.6. The summed E-state index contributed by atoms with van der Waals surface area (Å²) in [4.78, 5) is 15.6. The van der Waals surface area contributed by atoms with Crippen LogP contribution < -0.4 is 30.6 Å². The third-order valence-corrected chi connectivity index (χ3v) is 6.68. The molecule has 0 unspecified atom stereocenters. The number of hydrogen-bond donors (Lipinski definition) is 2. The summed E-state index contributed by atoms with van der Waals surface area (Å²) in [5, 5.41) is 3.18. The molecular formula is C29H29ClN6O3. The van der Waals surface area contributed by atoms with Crippen LogP contribution in [0.1, 0.15) is 0 Å². The molecule has 3 aromatic heterocycles. The van der Waals surface area contributed by atoms with Gasteiger partial charge in [0.05, 0.1) is 37.7 Å². The van der Waals surface area contributed by atoms with Gasteiger partial charge in [-0.15, -0.1) is 0 Å². The summed E-state index contributed by atoms with van der Waals surface area (Å²) in [5.74, 6) is 2.15. The molecule has 10 heteroatoms. The van der Waals surface area contributed by atoms with Crippen molar-refractivity contribution >= 4 is 44.8 Å². The van der Waals surface area contributed by atoms with E-state index in [1.165, 1.54) is 0 Å². The molecule has 0 amide bonds. The highest BCUT2D eigenvalue weighted by Gasteiger charge is 2.15. The predicted octanol–water partition coefficient (Wildman–Crippen LogP) is 4.94. The van der Waals surface area contributed by atoms with Crippen LogP contribution in [-0.2, 0) is 0 Å². The van der Waals surface area contributed by atoms with Crippen molar-refractivity contribution in [2.24, 2.45) is 5.73 Å². The van der Waals surface area contributed by atoms with E-state index in [9.17, 15) is 0 Å². The molecule has 39 heavy (non-hydrogen) atoms. The Kier molecular flexibility index (Phi) is 7.53. The van der Waals surface area contributed by atoms with Gasteiger partial charge in [0.15, 0.2) is 11.5 Å². The summed E-state index contributed by atoms with van der Waals surface area (Å²) in [7, 11) is 5.16. The maximum Gasteiger partial charge on any atom is 0.162 e. The summed E-state index contributed by atoms with van der Waals surface area (Å²) in [6, 6.07) is 15.0. The molecule has 0 radical (unpaired) electrons. The number of anilines is 2. The molecule has 0 aliphatic rings. The van der Waals surface area contributed by atoms with E-state index in [-0.39, 0.29) is 6.04 Å². The SMILES string of the molecule is COc1cc2ncc3c(N)nc(-c4cncc(OC[C@@H](N)CN(C)c5cccc(Cl)c5)c4)cc3c2cc1OC. The Hall–Kier alpha value is -4.34. The highest BCUT2D eigenvalue weighted by atomic mass is 35.5. The molecule has 0 bridgehead atoms. The first kappa shape index (κ1) is 26.3. The Morgan fingerprint density at radius 2 is 1.74 bits per heavy atom.